The van der Waals surface area contributed by atoms with E-state index in [9.17, 15) is 18.0 Å². The van der Waals surface area contributed by atoms with Gasteiger partial charge in [0.25, 0.3) is 21.5 Å². The van der Waals surface area contributed by atoms with Crippen molar-refractivity contribution in [2.24, 2.45) is 7.05 Å². The first-order chi connectivity index (χ1) is 17.4. The molecule has 1 saturated heterocycles. The second-order valence-corrected chi connectivity index (χ2v) is 10.4. The van der Waals surface area contributed by atoms with Crippen LogP contribution in [0.4, 0.5) is 11.4 Å². The molecular formula is C28H30N4O4S. The number of amides is 1. The molecule has 0 radical (unpaired) electrons. The van der Waals surface area contributed by atoms with E-state index in [1.165, 1.54) is 16.7 Å². The number of aromatic nitrogens is 1. The van der Waals surface area contributed by atoms with Crippen molar-refractivity contribution in [1.29, 1.82) is 0 Å². The van der Waals surface area contributed by atoms with Crippen LogP contribution in [0.1, 0.15) is 17.8 Å². The fourth-order valence-electron chi connectivity index (χ4n) is 4.59. The van der Waals surface area contributed by atoms with Crippen molar-refractivity contribution < 1.29 is 13.2 Å². The van der Waals surface area contributed by atoms with E-state index >= 15 is 0 Å². The molecule has 2 heterocycles. The molecule has 37 heavy (non-hydrogen) atoms. The van der Waals surface area contributed by atoms with Crippen LogP contribution in [-0.4, -0.2) is 50.0 Å². The number of nitrogens with one attached hydrogen (secondary N) is 1. The highest BCUT2D eigenvalue weighted by molar-refractivity contribution is 7.92. The fourth-order valence-corrected chi connectivity index (χ4v) is 5.68. The Balaban J connectivity index is 0.00000320. The number of anilines is 2. The Labute approximate surface area is 216 Å². The van der Waals surface area contributed by atoms with Crippen molar-refractivity contribution in [1.82, 2.24) is 9.47 Å². The topological polar surface area (TPSA) is 91.7 Å². The molecule has 0 unspecified atom stereocenters. The molecule has 0 atom stereocenters. The Kier molecular flexibility index (Phi) is 7.35. The predicted octanol–water partition coefficient (Wildman–Crippen LogP) is 3.94. The van der Waals surface area contributed by atoms with Crippen molar-refractivity contribution in [3.63, 3.8) is 0 Å². The van der Waals surface area contributed by atoms with Crippen molar-refractivity contribution in [2.75, 3.05) is 35.8 Å². The summed E-state index contributed by atoms with van der Waals surface area (Å²) in [7, 11) is -2.37. The molecule has 1 N–H and O–H groups in total. The zero-order valence-electron chi connectivity index (χ0n) is 19.8. The Morgan fingerprint density at radius 2 is 1.38 bits per heavy atom. The van der Waals surface area contributed by atoms with Crippen LogP contribution in [0.25, 0.3) is 10.9 Å². The van der Waals surface area contributed by atoms with Crippen molar-refractivity contribution in [3.05, 3.63) is 101 Å². The Hall–Kier alpha value is -4.11. The average molecular weight is 519 g/mol. The van der Waals surface area contributed by atoms with Gasteiger partial charge in [0.05, 0.1) is 16.1 Å². The van der Waals surface area contributed by atoms with Gasteiger partial charge >= 0.3 is 0 Å². The van der Waals surface area contributed by atoms with Crippen LogP contribution in [0.5, 0.6) is 0 Å². The third kappa shape index (κ3) is 4.95. The minimum absolute atomic E-state index is 0. The Morgan fingerprint density at radius 3 is 2.03 bits per heavy atom. The van der Waals surface area contributed by atoms with Crippen LogP contribution in [0.2, 0.25) is 0 Å². The molecule has 4 aromatic rings. The molecule has 1 fully saturated rings. The van der Waals surface area contributed by atoms with Crippen molar-refractivity contribution in [2.45, 2.75) is 12.3 Å². The second-order valence-electron chi connectivity index (χ2n) is 8.67. The normalized spacial score (nSPS) is 13.8. The van der Waals surface area contributed by atoms with Gasteiger partial charge in [0, 0.05) is 44.2 Å². The number of carbonyl (C=O) groups excluding carboxylic acids is 1. The van der Waals surface area contributed by atoms with E-state index < -0.39 is 15.6 Å². The summed E-state index contributed by atoms with van der Waals surface area (Å²) < 4.78 is 30.4. The highest BCUT2D eigenvalue weighted by Crippen LogP contribution is 2.34. The summed E-state index contributed by atoms with van der Waals surface area (Å²) in [5.74, 6) is -0.0471. The van der Waals surface area contributed by atoms with Gasteiger partial charge in [-0.25, -0.2) is 8.42 Å². The van der Waals surface area contributed by atoms with Gasteiger partial charge in [0.15, 0.2) is 0 Å². The van der Waals surface area contributed by atoms with Crippen molar-refractivity contribution >= 4 is 38.2 Å². The van der Waals surface area contributed by atoms with Crippen LogP contribution in [0.15, 0.2) is 94.6 Å². The van der Waals surface area contributed by atoms with Gasteiger partial charge in [-0.15, -0.1) is 0 Å². The molecule has 0 spiro atoms. The van der Waals surface area contributed by atoms with Crippen LogP contribution in [0, 0.1) is 0 Å². The number of pyridine rings is 1. The molecule has 3 aromatic carbocycles. The maximum Gasteiger partial charge on any atom is 0.277 e. The quantitative estimate of drug-likeness (QED) is 0.432. The minimum Gasteiger partial charge on any atom is -0.366 e. The zero-order chi connectivity index (χ0) is 25.3. The summed E-state index contributed by atoms with van der Waals surface area (Å²) in [6, 6.07) is 24.5. The predicted molar refractivity (Wildman–Crippen MR) is 148 cm³/mol. The molecule has 0 bridgehead atoms. The number of para-hydroxylation sites is 1. The first-order valence-corrected chi connectivity index (χ1v) is 13.1. The average Bonchev–Trinajstić information content (AvgIpc) is 2.92. The number of nitrogens with zero attached hydrogens (tertiary/aromatic N) is 3. The fraction of sp³-hybridized carbons (Fsp3) is 0.214. The number of sulfonamides is 1. The lowest BCUT2D eigenvalue weighted by Crippen LogP contribution is -2.49. The molecule has 1 amide bonds. The van der Waals surface area contributed by atoms with Gasteiger partial charge in [-0.1, -0.05) is 62.0 Å². The number of hydrogen-bond donors (Lipinski definition) is 1. The summed E-state index contributed by atoms with van der Waals surface area (Å²) in [6.45, 7) is 1.80. The summed E-state index contributed by atoms with van der Waals surface area (Å²) in [5.41, 5.74) is 1.41. The maximum absolute atomic E-state index is 13.5. The SMILES string of the molecule is C.Cn1c(=O)c(NS(=O)(=O)c2ccccc2)c(N2CCN(C(=O)c3ccccc3)CC2)c2ccccc21. The third-order valence-corrected chi connectivity index (χ3v) is 7.84. The molecular weight excluding hydrogens is 488 g/mol. The molecule has 9 heteroatoms. The number of benzene rings is 3. The summed E-state index contributed by atoms with van der Waals surface area (Å²) in [4.78, 5) is 30.2. The van der Waals surface area contributed by atoms with Crippen LogP contribution < -0.4 is 15.2 Å². The van der Waals surface area contributed by atoms with Crippen molar-refractivity contribution in [3.8, 4) is 0 Å². The van der Waals surface area contributed by atoms with Gasteiger partial charge in [0.1, 0.15) is 5.69 Å². The molecule has 5 rings (SSSR count). The Morgan fingerprint density at radius 1 is 0.811 bits per heavy atom. The number of piperazine rings is 1. The van der Waals surface area contributed by atoms with Crippen LogP contribution in [-0.2, 0) is 17.1 Å². The number of aryl methyl sites for hydroxylation is 1. The van der Waals surface area contributed by atoms with E-state index in [1.54, 1.807) is 42.3 Å². The van der Waals surface area contributed by atoms with E-state index in [-0.39, 0.29) is 23.9 Å². The molecule has 192 valence electrons. The van der Waals surface area contributed by atoms with E-state index in [2.05, 4.69) is 4.72 Å². The summed E-state index contributed by atoms with van der Waals surface area (Å²) >= 11 is 0. The van der Waals surface area contributed by atoms with Gasteiger partial charge < -0.3 is 14.4 Å². The lowest BCUT2D eigenvalue weighted by molar-refractivity contribution is 0.0747. The lowest BCUT2D eigenvalue weighted by Gasteiger charge is -2.37. The maximum atomic E-state index is 13.5. The molecule has 8 nitrogen and oxygen atoms in total. The summed E-state index contributed by atoms with van der Waals surface area (Å²) in [5, 5.41) is 0.758. The lowest BCUT2D eigenvalue weighted by atomic mass is 10.1. The number of hydrogen-bond acceptors (Lipinski definition) is 5. The van der Waals surface area contributed by atoms with E-state index in [0.717, 1.165) is 5.39 Å². The van der Waals surface area contributed by atoms with Crippen LogP contribution >= 0.6 is 0 Å². The van der Waals surface area contributed by atoms with Gasteiger partial charge in [-0.05, 0) is 30.3 Å². The molecule has 0 aliphatic carbocycles. The number of fused-ring (bicyclic) bond motifs is 1. The standard InChI is InChI=1S/C27H26N4O4S.CH4/c1-29-23-15-9-8-14-22(23)25(24(27(29)33)28-36(34,35)21-12-6-3-7-13-21)30-16-18-31(19-17-30)26(32)20-10-4-2-5-11-20;/h2-15,28H,16-19H2,1H3;1H4. The Bertz CT molecular complexity index is 1580. The van der Waals surface area contributed by atoms with Gasteiger partial charge in [-0.3, -0.25) is 14.3 Å². The first kappa shape index (κ1) is 26.0. The second kappa shape index (κ2) is 10.5. The molecule has 0 saturated carbocycles. The van der Waals surface area contributed by atoms with E-state index in [4.69, 9.17) is 0 Å². The van der Waals surface area contributed by atoms with Crippen LogP contribution in [0.3, 0.4) is 0 Å². The summed E-state index contributed by atoms with van der Waals surface area (Å²) in [6.07, 6.45) is 0. The molecule has 1 aliphatic heterocycles. The smallest absolute Gasteiger partial charge is 0.277 e. The van der Waals surface area contributed by atoms with E-state index in [1.807, 2.05) is 47.4 Å². The highest BCUT2D eigenvalue weighted by Gasteiger charge is 2.28. The number of rotatable bonds is 5. The molecule has 1 aromatic heterocycles. The third-order valence-electron chi connectivity index (χ3n) is 6.47. The van der Waals surface area contributed by atoms with Gasteiger partial charge in [0.2, 0.25) is 0 Å². The molecule has 1 aliphatic rings. The van der Waals surface area contributed by atoms with E-state index in [0.29, 0.717) is 42.9 Å². The minimum atomic E-state index is -4.00. The number of carbonyl (C=O) groups is 1. The largest absolute Gasteiger partial charge is 0.366 e. The monoisotopic (exact) mass is 518 g/mol. The highest BCUT2D eigenvalue weighted by atomic mass is 32.2. The van der Waals surface area contributed by atoms with Gasteiger partial charge in [-0.2, -0.15) is 0 Å². The first-order valence-electron chi connectivity index (χ1n) is 11.7. The zero-order valence-corrected chi connectivity index (χ0v) is 20.6.